The summed E-state index contributed by atoms with van der Waals surface area (Å²) < 4.78 is 16.4. The molecular weight excluding hydrogens is 404 g/mol. The van der Waals surface area contributed by atoms with Gasteiger partial charge in [-0.3, -0.25) is 4.79 Å². The highest BCUT2D eigenvalue weighted by molar-refractivity contribution is 5.69. The first-order valence-electron chi connectivity index (χ1n) is 13.5. The van der Waals surface area contributed by atoms with Crippen molar-refractivity contribution in [3.05, 3.63) is 0 Å². The first-order chi connectivity index (χ1) is 15.5. The number of aliphatic hydroxyl groups excluding tert-OH is 1. The van der Waals surface area contributed by atoms with Crippen molar-refractivity contribution in [1.29, 1.82) is 0 Å². The Morgan fingerprint density at radius 3 is 1.50 bits per heavy atom. The zero-order valence-electron chi connectivity index (χ0n) is 21.7. The smallest absolute Gasteiger partial charge is 0.305 e. The molecule has 0 aliphatic rings. The first-order valence-corrected chi connectivity index (χ1v) is 13.5. The van der Waals surface area contributed by atoms with Gasteiger partial charge < -0.3 is 19.3 Å². The monoisotopic (exact) mass is 458 g/mol. The van der Waals surface area contributed by atoms with Crippen molar-refractivity contribution in [1.82, 2.24) is 0 Å². The molecule has 0 rings (SSSR count). The van der Waals surface area contributed by atoms with Crippen LogP contribution in [0.4, 0.5) is 0 Å². The molecule has 192 valence electrons. The van der Waals surface area contributed by atoms with Gasteiger partial charge in [0.15, 0.2) is 0 Å². The van der Waals surface area contributed by atoms with E-state index in [-0.39, 0.29) is 24.8 Å². The summed E-state index contributed by atoms with van der Waals surface area (Å²) in [5.74, 6) is -0.131. The summed E-state index contributed by atoms with van der Waals surface area (Å²) in [6.07, 6.45) is 19.6. The SMILES string of the molecule is CCCCCCCCCCCCCCCCCC(=O)OCC(C)OCC(C)OCC(C)O. The molecule has 0 heterocycles. The van der Waals surface area contributed by atoms with Crippen molar-refractivity contribution in [3.8, 4) is 0 Å². The van der Waals surface area contributed by atoms with Crippen molar-refractivity contribution >= 4 is 5.97 Å². The number of hydrogen-bond acceptors (Lipinski definition) is 5. The maximum atomic E-state index is 11.9. The van der Waals surface area contributed by atoms with E-state index in [1.54, 1.807) is 6.92 Å². The molecule has 3 atom stereocenters. The molecule has 0 aliphatic carbocycles. The molecule has 0 aromatic heterocycles. The summed E-state index contributed by atoms with van der Waals surface area (Å²) in [5.41, 5.74) is 0. The second kappa shape index (κ2) is 23.5. The van der Waals surface area contributed by atoms with Crippen molar-refractivity contribution < 1.29 is 24.1 Å². The molecule has 3 unspecified atom stereocenters. The van der Waals surface area contributed by atoms with E-state index in [0.717, 1.165) is 12.8 Å². The Hall–Kier alpha value is -0.650. The Morgan fingerprint density at radius 2 is 1.03 bits per heavy atom. The minimum atomic E-state index is -0.476. The number of hydrogen-bond donors (Lipinski definition) is 1. The van der Waals surface area contributed by atoms with Crippen LogP contribution in [0, 0.1) is 0 Å². The molecule has 0 bridgehead atoms. The van der Waals surface area contributed by atoms with Gasteiger partial charge in [0.2, 0.25) is 0 Å². The number of esters is 1. The summed E-state index contributed by atoms with van der Waals surface area (Å²) in [4.78, 5) is 11.9. The lowest BCUT2D eigenvalue weighted by molar-refractivity contribution is -0.148. The second-order valence-electron chi connectivity index (χ2n) is 9.52. The van der Waals surface area contributed by atoms with E-state index in [9.17, 15) is 9.90 Å². The van der Waals surface area contributed by atoms with Crippen LogP contribution < -0.4 is 0 Å². The number of aliphatic hydroxyl groups is 1. The Morgan fingerprint density at radius 1 is 0.625 bits per heavy atom. The van der Waals surface area contributed by atoms with Crippen LogP contribution in [0.3, 0.4) is 0 Å². The molecule has 0 radical (unpaired) electrons. The number of ether oxygens (including phenoxy) is 3. The van der Waals surface area contributed by atoms with Crippen LogP contribution in [-0.2, 0) is 19.0 Å². The van der Waals surface area contributed by atoms with Gasteiger partial charge in [0.1, 0.15) is 6.61 Å². The third-order valence-corrected chi connectivity index (χ3v) is 5.70. The third-order valence-electron chi connectivity index (χ3n) is 5.70. The van der Waals surface area contributed by atoms with Crippen LogP contribution in [0.2, 0.25) is 0 Å². The molecular formula is C27H54O5. The van der Waals surface area contributed by atoms with Gasteiger partial charge in [0.25, 0.3) is 0 Å². The predicted molar refractivity (Wildman–Crippen MR) is 133 cm³/mol. The lowest BCUT2D eigenvalue weighted by atomic mass is 10.0. The summed E-state index contributed by atoms with van der Waals surface area (Å²) in [6.45, 7) is 8.75. The van der Waals surface area contributed by atoms with Crippen LogP contribution >= 0.6 is 0 Å². The van der Waals surface area contributed by atoms with E-state index in [1.807, 2.05) is 13.8 Å². The average molecular weight is 459 g/mol. The minimum absolute atomic E-state index is 0.0944. The van der Waals surface area contributed by atoms with Crippen LogP contribution in [0.5, 0.6) is 0 Å². The lowest BCUT2D eigenvalue weighted by Crippen LogP contribution is -2.26. The maximum Gasteiger partial charge on any atom is 0.305 e. The van der Waals surface area contributed by atoms with E-state index >= 15 is 0 Å². The van der Waals surface area contributed by atoms with Gasteiger partial charge in [0, 0.05) is 6.42 Å². The number of unbranched alkanes of at least 4 members (excludes halogenated alkanes) is 14. The molecule has 0 aliphatic heterocycles. The summed E-state index contributed by atoms with van der Waals surface area (Å²) in [6, 6.07) is 0. The van der Waals surface area contributed by atoms with Crippen molar-refractivity contribution in [2.75, 3.05) is 19.8 Å². The van der Waals surface area contributed by atoms with E-state index in [0.29, 0.717) is 19.6 Å². The second-order valence-corrected chi connectivity index (χ2v) is 9.52. The topological polar surface area (TPSA) is 65.0 Å². The zero-order valence-corrected chi connectivity index (χ0v) is 21.7. The summed E-state index contributed by atoms with van der Waals surface area (Å²) in [5, 5.41) is 9.21. The minimum Gasteiger partial charge on any atom is -0.463 e. The van der Waals surface area contributed by atoms with Gasteiger partial charge in [-0.25, -0.2) is 0 Å². The summed E-state index contributed by atoms with van der Waals surface area (Å²) in [7, 11) is 0. The highest BCUT2D eigenvalue weighted by atomic mass is 16.6. The van der Waals surface area contributed by atoms with E-state index in [4.69, 9.17) is 14.2 Å². The molecule has 0 spiro atoms. The van der Waals surface area contributed by atoms with Crippen LogP contribution in [-0.4, -0.2) is 49.2 Å². The first kappa shape index (κ1) is 31.4. The predicted octanol–water partition coefficient (Wildman–Crippen LogP) is 6.98. The Kier molecular flexibility index (Phi) is 23.0. The van der Waals surface area contributed by atoms with Gasteiger partial charge in [-0.2, -0.15) is 0 Å². The molecule has 0 saturated carbocycles. The van der Waals surface area contributed by atoms with E-state index in [2.05, 4.69) is 6.92 Å². The van der Waals surface area contributed by atoms with Gasteiger partial charge in [-0.15, -0.1) is 0 Å². The molecule has 5 nitrogen and oxygen atoms in total. The molecule has 0 saturated heterocycles. The van der Waals surface area contributed by atoms with Crippen molar-refractivity contribution in [3.63, 3.8) is 0 Å². The van der Waals surface area contributed by atoms with Gasteiger partial charge in [0.05, 0.1) is 31.5 Å². The molecule has 0 aromatic rings. The number of rotatable bonds is 24. The fourth-order valence-corrected chi connectivity index (χ4v) is 3.62. The molecule has 0 fully saturated rings. The Balaban J connectivity index is 3.35. The number of carbonyl (C=O) groups excluding carboxylic acids is 1. The molecule has 5 heteroatoms. The van der Waals surface area contributed by atoms with Crippen LogP contribution in [0.15, 0.2) is 0 Å². The van der Waals surface area contributed by atoms with E-state index < -0.39 is 6.10 Å². The fourth-order valence-electron chi connectivity index (χ4n) is 3.62. The van der Waals surface area contributed by atoms with Crippen molar-refractivity contribution in [2.45, 2.75) is 149 Å². The van der Waals surface area contributed by atoms with Gasteiger partial charge >= 0.3 is 5.97 Å². The number of carbonyl (C=O) groups is 1. The fraction of sp³-hybridized carbons (Fsp3) is 0.963. The lowest BCUT2D eigenvalue weighted by Gasteiger charge is -2.18. The highest BCUT2D eigenvalue weighted by Gasteiger charge is 2.11. The molecule has 32 heavy (non-hydrogen) atoms. The normalized spacial score (nSPS) is 14.3. The van der Waals surface area contributed by atoms with Gasteiger partial charge in [-0.05, 0) is 27.2 Å². The van der Waals surface area contributed by atoms with E-state index in [1.165, 1.54) is 83.5 Å². The van der Waals surface area contributed by atoms with Crippen LogP contribution in [0.1, 0.15) is 130 Å². The zero-order chi connectivity index (χ0) is 23.9. The standard InChI is InChI=1S/C27H54O5/c1-5-6-7-8-9-10-11-12-13-14-15-16-17-18-19-20-27(29)32-23-26(4)31-22-25(3)30-21-24(2)28/h24-26,28H,5-23H2,1-4H3. The Bertz CT molecular complexity index is 400. The van der Waals surface area contributed by atoms with Crippen molar-refractivity contribution in [2.24, 2.45) is 0 Å². The molecule has 1 N–H and O–H groups in total. The third kappa shape index (κ3) is 24.0. The highest BCUT2D eigenvalue weighted by Crippen LogP contribution is 2.14. The Labute approximate surface area is 199 Å². The molecule has 0 aromatic carbocycles. The molecule has 0 amide bonds. The summed E-state index contributed by atoms with van der Waals surface area (Å²) >= 11 is 0. The van der Waals surface area contributed by atoms with Crippen LogP contribution in [0.25, 0.3) is 0 Å². The quantitative estimate of drug-likeness (QED) is 0.125. The maximum absolute atomic E-state index is 11.9. The van der Waals surface area contributed by atoms with Gasteiger partial charge in [-0.1, -0.05) is 96.8 Å². The largest absolute Gasteiger partial charge is 0.463 e. The average Bonchev–Trinajstić information content (AvgIpc) is 2.77.